The largest absolute Gasteiger partial charge is 0.508 e. The molecule has 0 saturated carbocycles. The highest BCUT2D eigenvalue weighted by Crippen LogP contribution is 2.25. The highest BCUT2D eigenvalue weighted by Gasteiger charge is 2.18. The Morgan fingerprint density at radius 1 is 1.33 bits per heavy atom. The number of hydrogen-bond acceptors (Lipinski definition) is 4. The summed E-state index contributed by atoms with van der Waals surface area (Å²) in [6, 6.07) is 4.88. The van der Waals surface area contributed by atoms with E-state index in [1.165, 1.54) is 6.07 Å². The van der Waals surface area contributed by atoms with Gasteiger partial charge >= 0.3 is 0 Å². The van der Waals surface area contributed by atoms with E-state index in [4.69, 9.17) is 0 Å². The van der Waals surface area contributed by atoms with E-state index in [9.17, 15) is 15.3 Å². The van der Waals surface area contributed by atoms with Gasteiger partial charge in [0.1, 0.15) is 11.9 Å². The molecule has 1 rings (SSSR count). The average molecular weight is 228 g/mol. The monoisotopic (exact) mass is 228 g/mol. The van der Waals surface area contributed by atoms with Crippen LogP contribution in [0.15, 0.2) is 18.2 Å². The van der Waals surface area contributed by atoms with Crippen LogP contribution in [-0.2, 0) is 0 Å². The maximum Gasteiger partial charge on any atom is 0.118 e. The number of phenolic OH excluding ortho intramolecular Hbond substituents is 1. The molecule has 1 aromatic rings. The van der Waals surface area contributed by atoms with Gasteiger partial charge in [-0.3, -0.25) is 0 Å². The summed E-state index contributed by atoms with van der Waals surface area (Å²) in [5.74, 6) is 0.639. The zero-order chi connectivity index (χ0) is 11.4. The van der Waals surface area contributed by atoms with Gasteiger partial charge in [-0.1, -0.05) is 12.1 Å². The molecular formula is C11H16O3S. The van der Waals surface area contributed by atoms with E-state index in [2.05, 4.69) is 12.6 Å². The molecule has 0 heterocycles. The summed E-state index contributed by atoms with van der Waals surface area (Å²) in [6.07, 6.45) is -1.40. The van der Waals surface area contributed by atoms with Gasteiger partial charge in [-0.2, -0.15) is 12.6 Å². The Kier molecular flexibility index (Phi) is 4.45. The number of aliphatic hydroxyl groups excluding tert-OH is 2. The fourth-order valence-corrected chi connectivity index (χ4v) is 1.59. The second-order valence-electron chi connectivity index (χ2n) is 3.57. The number of hydrogen-bond donors (Lipinski definition) is 4. The van der Waals surface area contributed by atoms with Crippen LogP contribution >= 0.6 is 12.6 Å². The number of aliphatic hydroxyl groups is 2. The number of thiol groups is 1. The number of aryl methyl sites for hydroxylation is 1. The predicted molar refractivity (Wildman–Crippen MR) is 62.3 cm³/mol. The Labute approximate surface area is 94.8 Å². The van der Waals surface area contributed by atoms with Crippen molar-refractivity contribution in [3.8, 4) is 5.75 Å². The van der Waals surface area contributed by atoms with Crippen molar-refractivity contribution < 1.29 is 15.3 Å². The smallest absolute Gasteiger partial charge is 0.118 e. The highest BCUT2D eigenvalue weighted by molar-refractivity contribution is 7.80. The first-order chi connectivity index (χ1) is 7.06. The second-order valence-corrected chi connectivity index (χ2v) is 4.02. The first-order valence-electron chi connectivity index (χ1n) is 4.82. The molecule has 2 atom stereocenters. The number of rotatable bonds is 4. The molecule has 0 aliphatic rings. The predicted octanol–water partition coefficient (Wildman–Crippen LogP) is 1.41. The molecule has 0 aliphatic heterocycles. The van der Waals surface area contributed by atoms with Crippen LogP contribution in [-0.4, -0.2) is 27.2 Å². The van der Waals surface area contributed by atoms with E-state index >= 15 is 0 Å². The molecule has 3 nitrogen and oxygen atoms in total. The van der Waals surface area contributed by atoms with Crippen LogP contribution in [0.4, 0.5) is 0 Å². The van der Waals surface area contributed by atoms with Crippen LogP contribution in [0.25, 0.3) is 0 Å². The minimum atomic E-state index is -0.969. The van der Waals surface area contributed by atoms with Crippen molar-refractivity contribution >= 4 is 12.6 Å². The van der Waals surface area contributed by atoms with Crippen molar-refractivity contribution in [3.05, 3.63) is 29.3 Å². The van der Waals surface area contributed by atoms with Crippen LogP contribution in [0.5, 0.6) is 5.75 Å². The van der Waals surface area contributed by atoms with Gasteiger partial charge in [0.25, 0.3) is 0 Å². The average Bonchev–Trinajstić information content (AvgIpc) is 2.21. The lowest BCUT2D eigenvalue weighted by Gasteiger charge is -2.17. The summed E-state index contributed by atoms with van der Waals surface area (Å²) in [7, 11) is 0. The van der Waals surface area contributed by atoms with Gasteiger partial charge in [-0.25, -0.2) is 0 Å². The van der Waals surface area contributed by atoms with Gasteiger partial charge in [0.15, 0.2) is 0 Å². The van der Waals surface area contributed by atoms with Crippen LogP contribution in [0, 0.1) is 6.92 Å². The third-order valence-corrected chi connectivity index (χ3v) is 2.62. The molecule has 1 aromatic carbocycles. The van der Waals surface area contributed by atoms with Gasteiger partial charge in [0.05, 0.1) is 6.10 Å². The molecule has 0 bridgehead atoms. The molecule has 0 radical (unpaired) electrons. The van der Waals surface area contributed by atoms with Gasteiger partial charge in [0, 0.05) is 0 Å². The van der Waals surface area contributed by atoms with Crippen LogP contribution in [0.2, 0.25) is 0 Å². The molecule has 0 aliphatic carbocycles. The van der Waals surface area contributed by atoms with Crippen molar-refractivity contribution in [3.63, 3.8) is 0 Å². The Hall–Kier alpha value is -0.710. The summed E-state index contributed by atoms with van der Waals surface area (Å²) in [4.78, 5) is 0. The number of aromatic hydroxyl groups is 1. The highest BCUT2D eigenvalue weighted by atomic mass is 32.1. The minimum Gasteiger partial charge on any atom is -0.508 e. The zero-order valence-electron chi connectivity index (χ0n) is 8.59. The van der Waals surface area contributed by atoms with E-state index in [0.29, 0.717) is 17.7 Å². The van der Waals surface area contributed by atoms with Gasteiger partial charge in [0.2, 0.25) is 0 Å². The summed E-state index contributed by atoms with van der Waals surface area (Å²) in [5, 5.41) is 28.7. The minimum absolute atomic E-state index is 0.129. The SMILES string of the molecule is Cc1ccc(C(O)C(O)CCS)cc1O. The molecule has 0 spiro atoms. The molecule has 0 saturated heterocycles. The summed E-state index contributed by atoms with van der Waals surface area (Å²) >= 11 is 3.98. The van der Waals surface area contributed by atoms with Crippen LogP contribution < -0.4 is 0 Å². The van der Waals surface area contributed by atoms with Gasteiger partial charge in [-0.15, -0.1) is 0 Å². The maximum atomic E-state index is 9.74. The Bertz CT molecular complexity index is 328. The molecule has 3 N–H and O–H groups in total. The van der Waals surface area contributed by atoms with Crippen molar-refractivity contribution in [2.75, 3.05) is 5.75 Å². The lowest BCUT2D eigenvalue weighted by Crippen LogP contribution is -2.18. The quantitative estimate of drug-likeness (QED) is 0.589. The fourth-order valence-electron chi connectivity index (χ4n) is 1.32. The molecular weight excluding hydrogens is 212 g/mol. The third kappa shape index (κ3) is 3.12. The van der Waals surface area contributed by atoms with Gasteiger partial charge < -0.3 is 15.3 Å². The molecule has 15 heavy (non-hydrogen) atoms. The summed E-state index contributed by atoms with van der Waals surface area (Å²) < 4.78 is 0. The van der Waals surface area contributed by atoms with E-state index in [1.807, 2.05) is 0 Å². The Morgan fingerprint density at radius 2 is 2.00 bits per heavy atom. The Balaban J connectivity index is 2.81. The van der Waals surface area contributed by atoms with Gasteiger partial charge in [-0.05, 0) is 36.3 Å². The molecule has 0 fully saturated rings. The first kappa shape index (κ1) is 12.4. The normalized spacial score (nSPS) is 14.9. The lowest BCUT2D eigenvalue weighted by atomic mass is 10.0. The third-order valence-electron chi connectivity index (χ3n) is 2.36. The second kappa shape index (κ2) is 5.39. The number of benzene rings is 1. The number of phenols is 1. The van der Waals surface area contributed by atoms with Crippen LogP contribution in [0.1, 0.15) is 23.7 Å². The van der Waals surface area contributed by atoms with E-state index in [0.717, 1.165) is 5.56 Å². The summed E-state index contributed by atoms with van der Waals surface area (Å²) in [6.45, 7) is 1.77. The van der Waals surface area contributed by atoms with E-state index < -0.39 is 12.2 Å². The van der Waals surface area contributed by atoms with Crippen molar-refractivity contribution in [2.45, 2.75) is 25.6 Å². The molecule has 4 heteroatoms. The fraction of sp³-hybridized carbons (Fsp3) is 0.455. The van der Waals surface area contributed by atoms with Crippen molar-refractivity contribution in [1.82, 2.24) is 0 Å². The summed E-state index contributed by atoms with van der Waals surface area (Å²) in [5.41, 5.74) is 1.27. The molecule has 84 valence electrons. The molecule has 0 amide bonds. The first-order valence-corrected chi connectivity index (χ1v) is 5.46. The van der Waals surface area contributed by atoms with E-state index in [1.54, 1.807) is 19.1 Å². The van der Waals surface area contributed by atoms with Crippen molar-refractivity contribution in [2.24, 2.45) is 0 Å². The van der Waals surface area contributed by atoms with Crippen molar-refractivity contribution in [1.29, 1.82) is 0 Å². The topological polar surface area (TPSA) is 60.7 Å². The maximum absolute atomic E-state index is 9.74. The van der Waals surface area contributed by atoms with E-state index in [-0.39, 0.29) is 5.75 Å². The standard InChI is InChI=1S/C11H16O3S/c1-7-2-3-8(6-10(7)13)11(14)9(12)4-5-15/h2-3,6,9,11-15H,4-5H2,1H3. The lowest BCUT2D eigenvalue weighted by molar-refractivity contribution is 0.0171. The molecule has 0 aromatic heterocycles. The zero-order valence-corrected chi connectivity index (χ0v) is 9.48. The Morgan fingerprint density at radius 3 is 2.53 bits per heavy atom. The molecule has 2 unspecified atom stereocenters. The van der Waals surface area contributed by atoms with Crippen LogP contribution in [0.3, 0.4) is 0 Å².